The van der Waals surface area contributed by atoms with E-state index in [0.717, 1.165) is 15.4 Å². The predicted octanol–water partition coefficient (Wildman–Crippen LogP) is 0.955. The van der Waals surface area contributed by atoms with Gasteiger partial charge < -0.3 is 19.5 Å². The highest BCUT2D eigenvalue weighted by Gasteiger charge is 2.37. The van der Waals surface area contributed by atoms with Gasteiger partial charge in [0.1, 0.15) is 19.2 Å². The lowest BCUT2D eigenvalue weighted by atomic mass is 10.1. The first kappa shape index (κ1) is 19.0. The quantitative estimate of drug-likeness (QED) is 0.750. The molecule has 9 nitrogen and oxygen atoms in total. The Morgan fingerprint density at radius 1 is 1.15 bits per heavy atom. The smallest absolute Gasteiger partial charge is 0.414 e. The minimum Gasteiger partial charge on any atom is -0.481 e. The van der Waals surface area contributed by atoms with Gasteiger partial charge in [-0.3, -0.25) is 19.3 Å². The van der Waals surface area contributed by atoms with E-state index in [1.54, 1.807) is 24.3 Å². The van der Waals surface area contributed by atoms with Crippen LogP contribution in [-0.4, -0.2) is 58.5 Å². The summed E-state index contributed by atoms with van der Waals surface area (Å²) >= 11 is 0. The summed E-state index contributed by atoms with van der Waals surface area (Å²) in [5, 5.41) is 9.04. The number of amides is 2. The fourth-order valence-corrected chi connectivity index (χ4v) is 2.31. The number of carboxylic acids is 1. The number of rotatable bonds is 6. The largest absolute Gasteiger partial charge is 0.481 e. The normalized spacial score (nSPS) is 16.3. The van der Waals surface area contributed by atoms with E-state index >= 15 is 0 Å². The molecular weight excluding hydrogens is 344 g/mol. The van der Waals surface area contributed by atoms with Crippen molar-refractivity contribution in [1.82, 2.24) is 9.80 Å². The van der Waals surface area contributed by atoms with E-state index in [0.29, 0.717) is 0 Å². The van der Waals surface area contributed by atoms with Crippen molar-refractivity contribution in [2.75, 3.05) is 13.7 Å². The molecule has 1 aromatic rings. The van der Waals surface area contributed by atoms with Crippen LogP contribution < -0.4 is 0 Å². The number of ether oxygens (including phenoxy) is 2. The minimum atomic E-state index is -1.31. The molecule has 2 amide bonds. The summed E-state index contributed by atoms with van der Waals surface area (Å²) in [5.74, 6) is -2.65. The molecule has 0 saturated heterocycles. The van der Waals surface area contributed by atoms with E-state index in [1.807, 2.05) is 6.07 Å². The van der Waals surface area contributed by atoms with Gasteiger partial charge >= 0.3 is 18.0 Å². The summed E-state index contributed by atoms with van der Waals surface area (Å²) in [5.41, 5.74) is 0.746. The number of carbonyl (C=O) groups excluding carboxylic acids is 3. The van der Waals surface area contributed by atoms with Crippen molar-refractivity contribution in [3.05, 3.63) is 48.3 Å². The molecule has 0 unspecified atom stereocenters. The molecule has 2 rings (SSSR count). The average Bonchev–Trinajstić information content (AvgIpc) is 2.63. The van der Waals surface area contributed by atoms with E-state index < -0.39 is 36.4 Å². The maximum Gasteiger partial charge on any atom is 0.414 e. The molecule has 1 heterocycles. The highest BCUT2D eigenvalue weighted by Crippen LogP contribution is 2.18. The Morgan fingerprint density at radius 2 is 1.85 bits per heavy atom. The molecule has 0 aliphatic carbocycles. The molecule has 1 atom stereocenters. The Balaban J connectivity index is 2.12. The first-order valence-corrected chi connectivity index (χ1v) is 7.68. The molecule has 1 aromatic carbocycles. The molecule has 9 heteroatoms. The van der Waals surface area contributed by atoms with Gasteiger partial charge in [-0.15, -0.1) is 0 Å². The molecule has 0 spiro atoms. The Kier molecular flexibility index (Phi) is 6.31. The Bertz CT molecular complexity index is 717. The summed E-state index contributed by atoms with van der Waals surface area (Å²) in [6.07, 6.45) is 0.941. The van der Waals surface area contributed by atoms with Crippen molar-refractivity contribution in [1.29, 1.82) is 0 Å². The Morgan fingerprint density at radius 3 is 2.46 bits per heavy atom. The number of carbonyl (C=O) groups is 4. The van der Waals surface area contributed by atoms with Crippen LogP contribution in [0.5, 0.6) is 0 Å². The third-order valence-corrected chi connectivity index (χ3v) is 3.62. The SMILES string of the molecule is COC(=O)CN1C=CN(C(=O)OCc2ccccc2)[C@@H](CC(=O)O)C1=O. The number of benzene rings is 1. The Labute approximate surface area is 149 Å². The molecule has 1 N–H and O–H groups in total. The van der Waals surface area contributed by atoms with Gasteiger partial charge in [0.15, 0.2) is 0 Å². The van der Waals surface area contributed by atoms with Crippen molar-refractivity contribution in [3.63, 3.8) is 0 Å². The third kappa shape index (κ3) is 4.82. The predicted molar refractivity (Wildman–Crippen MR) is 87.4 cm³/mol. The van der Waals surface area contributed by atoms with Crippen molar-refractivity contribution >= 4 is 23.9 Å². The van der Waals surface area contributed by atoms with Crippen LogP contribution in [0.3, 0.4) is 0 Å². The van der Waals surface area contributed by atoms with E-state index in [2.05, 4.69) is 4.74 Å². The van der Waals surface area contributed by atoms with Crippen molar-refractivity contribution in [2.24, 2.45) is 0 Å². The molecular formula is C17H18N2O7. The van der Waals surface area contributed by atoms with Gasteiger partial charge in [0.2, 0.25) is 0 Å². The van der Waals surface area contributed by atoms with Crippen LogP contribution >= 0.6 is 0 Å². The molecule has 0 radical (unpaired) electrons. The highest BCUT2D eigenvalue weighted by atomic mass is 16.6. The summed E-state index contributed by atoms with van der Waals surface area (Å²) < 4.78 is 9.64. The molecule has 0 bridgehead atoms. The third-order valence-electron chi connectivity index (χ3n) is 3.62. The first-order valence-electron chi connectivity index (χ1n) is 7.68. The van der Waals surface area contributed by atoms with Gasteiger partial charge in [0.05, 0.1) is 13.5 Å². The number of methoxy groups -OCH3 is 1. The summed E-state index contributed by atoms with van der Waals surface area (Å²) in [6, 6.07) is 7.59. The van der Waals surface area contributed by atoms with Crippen LogP contribution in [0.25, 0.3) is 0 Å². The zero-order valence-corrected chi connectivity index (χ0v) is 14.0. The van der Waals surface area contributed by atoms with Gasteiger partial charge in [-0.25, -0.2) is 4.79 Å². The van der Waals surface area contributed by atoms with Crippen LogP contribution in [-0.2, 0) is 30.5 Å². The lowest BCUT2D eigenvalue weighted by Gasteiger charge is -2.33. The summed E-state index contributed by atoms with van der Waals surface area (Å²) in [7, 11) is 1.17. The maximum atomic E-state index is 12.5. The van der Waals surface area contributed by atoms with E-state index in [1.165, 1.54) is 19.5 Å². The van der Waals surface area contributed by atoms with E-state index in [-0.39, 0.29) is 13.2 Å². The Hall–Kier alpha value is -3.36. The molecule has 138 valence electrons. The van der Waals surface area contributed by atoms with Crippen LogP contribution in [0.1, 0.15) is 12.0 Å². The highest BCUT2D eigenvalue weighted by molar-refractivity contribution is 5.93. The number of hydrogen-bond acceptors (Lipinski definition) is 6. The molecule has 26 heavy (non-hydrogen) atoms. The van der Waals surface area contributed by atoms with Gasteiger partial charge in [-0.2, -0.15) is 0 Å². The second kappa shape index (κ2) is 8.65. The zero-order chi connectivity index (χ0) is 19.1. The topological polar surface area (TPSA) is 113 Å². The maximum absolute atomic E-state index is 12.5. The van der Waals surface area contributed by atoms with Crippen molar-refractivity contribution in [2.45, 2.75) is 19.1 Å². The summed E-state index contributed by atoms with van der Waals surface area (Å²) in [6.45, 7) is -0.404. The summed E-state index contributed by atoms with van der Waals surface area (Å²) in [4.78, 5) is 49.1. The zero-order valence-electron chi connectivity index (χ0n) is 14.0. The molecule has 0 aromatic heterocycles. The van der Waals surface area contributed by atoms with Gasteiger partial charge in [-0.1, -0.05) is 30.3 Å². The fraction of sp³-hybridized carbons (Fsp3) is 0.294. The van der Waals surface area contributed by atoms with Gasteiger partial charge in [-0.05, 0) is 5.56 Å². The van der Waals surface area contributed by atoms with Gasteiger partial charge in [0, 0.05) is 12.4 Å². The molecule has 1 aliphatic rings. The van der Waals surface area contributed by atoms with Crippen molar-refractivity contribution in [3.8, 4) is 0 Å². The van der Waals surface area contributed by atoms with E-state index in [9.17, 15) is 19.2 Å². The number of carboxylic acid groups (broad SMARTS) is 1. The fourth-order valence-electron chi connectivity index (χ4n) is 2.31. The van der Waals surface area contributed by atoms with Crippen LogP contribution in [0.4, 0.5) is 4.79 Å². The first-order chi connectivity index (χ1) is 12.4. The standard InChI is InChI=1S/C17H18N2O7/c1-25-15(22)10-18-7-8-19(13(16(18)23)9-14(20)21)17(24)26-11-12-5-3-2-4-6-12/h2-8,13H,9-11H2,1H3,(H,20,21)/t13-/m0/s1. The van der Waals surface area contributed by atoms with Crippen LogP contribution in [0.15, 0.2) is 42.7 Å². The van der Waals surface area contributed by atoms with E-state index in [4.69, 9.17) is 9.84 Å². The lowest BCUT2D eigenvalue weighted by Crippen LogP contribution is -2.52. The number of hydrogen-bond donors (Lipinski definition) is 1. The number of aliphatic carboxylic acids is 1. The molecule has 1 aliphatic heterocycles. The molecule has 0 fully saturated rings. The second-order valence-corrected chi connectivity index (χ2v) is 5.40. The second-order valence-electron chi connectivity index (χ2n) is 5.40. The van der Waals surface area contributed by atoms with Crippen molar-refractivity contribution < 1.29 is 33.8 Å². The average molecular weight is 362 g/mol. The van der Waals surface area contributed by atoms with Crippen LogP contribution in [0, 0.1) is 0 Å². The van der Waals surface area contributed by atoms with Gasteiger partial charge in [0.25, 0.3) is 5.91 Å². The lowest BCUT2D eigenvalue weighted by molar-refractivity contribution is -0.149. The molecule has 0 saturated carbocycles. The van der Waals surface area contributed by atoms with Crippen LogP contribution in [0.2, 0.25) is 0 Å². The monoisotopic (exact) mass is 362 g/mol. The number of nitrogens with zero attached hydrogens (tertiary/aromatic N) is 2. The minimum absolute atomic E-state index is 0.0239. The number of esters is 1.